The summed E-state index contributed by atoms with van der Waals surface area (Å²) >= 11 is 5.93. The van der Waals surface area contributed by atoms with Crippen molar-refractivity contribution in [2.45, 2.75) is 32.7 Å². The van der Waals surface area contributed by atoms with Gasteiger partial charge >= 0.3 is 0 Å². The minimum Gasteiger partial charge on any atom is -0.324 e. The zero-order valence-electron chi connectivity index (χ0n) is 12.2. The lowest BCUT2D eigenvalue weighted by molar-refractivity contribution is -0.121. The van der Waals surface area contributed by atoms with Crippen molar-refractivity contribution in [3.05, 3.63) is 23.2 Å². The van der Waals surface area contributed by atoms with Crippen LogP contribution in [0.5, 0.6) is 0 Å². The minimum absolute atomic E-state index is 0.0119. The Hall–Kier alpha value is -1.59. The van der Waals surface area contributed by atoms with Gasteiger partial charge in [0.15, 0.2) is 0 Å². The van der Waals surface area contributed by atoms with E-state index in [4.69, 9.17) is 11.6 Å². The fourth-order valence-electron chi connectivity index (χ4n) is 2.52. The lowest BCUT2D eigenvalue weighted by Gasteiger charge is -2.27. The summed E-state index contributed by atoms with van der Waals surface area (Å²) < 4.78 is 0. The molecule has 1 aliphatic rings. The topological polar surface area (TPSA) is 70.2 Å². The van der Waals surface area contributed by atoms with E-state index in [1.54, 1.807) is 18.2 Å². The predicted octanol–water partition coefficient (Wildman–Crippen LogP) is 2.63. The Morgan fingerprint density at radius 1 is 1.29 bits per heavy atom. The molecule has 114 valence electrons. The lowest BCUT2D eigenvalue weighted by Crippen LogP contribution is -2.40. The van der Waals surface area contributed by atoms with E-state index in [2.05, 4.69) is 22.9 Å². The molecule has 1 fully saturated rings. The molecule has 1 saturated heterocycles. The maximum Gasteiger partial charge on any atom is 0.227 e. The molecule has 1 aromatic rings. The maximum absolute atomic E-state index is 12.4. The molecule has 1 aromatic carbocycles. The summed E-state index contributed by atoms with van der Waals surface area (Å²) in [4.78, 5) is 23.6. The van der Waals surface area contributed by atoms with E-state index in [0.29, 0.717) is 22.4 Å². The van der Waals surface area contributed by atoms with Gasteiger partial charge in [-0.3, -0.25) is 9.59 Å². The second-order valence-corrected chi connectivity index (χ2v) is 5.87. The number of halogens is 1. The number of anilines is 2. The normalized spacial score (nSPS) is 21.7. The van der Waals surface area contributed by atoms with Crippen molar-refractivity contribution in [2.24, 2.45) is 5.92 Å². The quantitative estimate of drug-likeness (QED) is 0.804. The van der Waals surface area contributed by atoms with Gasteiger partial charge in [0.1, 0.15) is 0 Å². The smallest absolute Gasteiger partial charge is 0.227 e. The van der Waals surface area contributed by atoms with Crippen molar-refractivity contribution in [2.75, 3.05) is 17.2 Å². The van der Waals surface area contributed by atoms with Crippen molar-refractivity contribution < 1.29 is 9.59 Å². The molecule has 2 atom stereocenters. The summed E-state index contributed by atoms with van der Waals surface area (Å²) in [6.45, 7) is 4.34. The summed E-state index contributed by atoms with van der Waals surface area (Å²) in [6.07, 6.45) is 1.63. The van der Waals surface area contributed by atoms with E-state index in [9.17, 15) is 9.59 Å². The van der Waals surface area contributed by atoms with Gasteiger partial charge in [-0.25, -0.2) is 0 Å². The summed E-state index contributed by atoms with van der Waals surface area (Å²) in [5.41, 5.74) is 1.09. The summed E-state index contributed by atoms with van der Waals surface area (Å²) in [7, 11) is 0. The molecule has 5 nitrogen and oxygen atoms in total. The summed E-state index contributed by atoms with van der Waals surface area (Å²) in [5, 5.41) is 9.40. The molecular formula is C15H20ClN3O2. The van der Waals surface area contributed by atoms with Crippen molar-refractivity contribution in [3.63, 3.8) is 0 Å². The Morgan fingerprint density at radius 3 is 2.71 bits per heavy atom. The number of piperidine rings is 1. The van der Waals surface area contributed by atoms with E-state index < -0.39 is 0 Å². The molecule has 21 heavy (non-hydrogen) atoms. The second kappa shape index (κ2) is 6.91. The monoisotopic (exact) mass is 309 g/mol. The zero-order chi connectivity index (χ0) is 15.4. The second-order valence-electron chi connectivity index (χ2n) is 5.44. The van der Waals surface area contributed by atoms with Gasteiger partial charge in [0, 0.05) is 23.9 Å². The third-order valence-electron chi connectivity index (χ3n) is 3.54. The molecular weight excluding hydrogens is 290 g/mol. The first kappa shape index (κ1) is 15.8. The molecule has 0 aromatic heterocycles. The van der Waals surface area contributed by atoms with Crippen molar-refractivity contribution in [1.82, 2.24) is 5.32 Å². The fraction of sp³-hybridized carbons (Fsp3) is 0.467. The van der Waals surface area contributed by atoms with E-state index in [1.165, 1.54) is 6.92 Å². The molecule has 0 unspecified atom stereocenters. The van der Waals surface area contributed by atoms with Gasteiger partial charge in [0.25, 0.3) is 0 Å². The van der Waals surface area contributed by atoms with E-state index >= 15 is 0 Å². The minimum atomic E-state index is -0.205. The first-order valence-corrected chi connectivity index (χ1v) is 7.45. The number of amides is 2. The van der Waals surface area contributed by atoms with Gasteiger partial charge in [-0.05, 0) is 44.5 Å². The highest BCUT2D eigenvalue weighted by Gasteiger charge is 2.25. The molecule has 6 heteroatoms. The van der Waals surface area contributed by atoms with Crippen LogP contribution in [-0.2, 0) is 9.59 Å². The number of nitrogens with one attached hydrogen (secondary N) is 3. The number of carbonyl (C=O) groups excluding carboxylic acids is 2. The SMILES string of the molecule is CC(=O)Nc1cc(Cl)ccc1NC(=O)[C@H]1CCN[C@@H](C)C1. The molecule has 0 bridgehead atoms. The van der Waals surface area contributed by atoms with Crippen molar-refractivity contribution in [3.8, 4) is 0 Å². The third kappa shape index (κ3) is 4.44. The number of carbonyl (C=O) groups is 2. The molecule has 0 radical (unpaired) electrons. The Morgan fingerprint density at radius 2 is 2.05 bits per heavy atom. The molecule has 0 spiro atoms. The van der Waals surface area contributed by atoms with Crippen LogP contribution in [0.2, 0.25) is 5.02 Å². The van der Waals surface area contributed by atoms with Gasteiger partial charge in [-0.1, -0.05) is 11.6 Å². The molecule has 0 aliphatic carbocycles. The van der Waals surface area contributed by atoms with E-state index in [-0.39, 0.29) is 17.7 Å². The summed E-state index contributed by atoms with van der Waals surface area (Å²) in [6, 6.07) is 5.36. The van der Waals surface area contributed by atoms with Gasteiger partial charge in [0.2, 0.25) is 11.8 Å². The van der Waals surface area contributed by atoms with Crippen LogP contribution >= 0.6 is 11.6 Å². The molecule has 0 saturated carbocycles. The van der Waals surface area contributed by atoms with Gasteiger partial charge < -0.3 is 16.0 Å². The van der Waals surface area contributed by atoms with Crippen LogP contribution < -0.4 is 16.0 Å². The van der Waals surface area contributed by atoms with Crippen LogP contribution in [0.25, 0.3) is 0 Å². The Balaban J connectivity index is 2.11. The van der Waals surface area contributed by atoms with Crippen LogP contribution in [0.4, 0.5) is 11.4 Å². The Labute approximate surface area is 129 Å². The molecule has 1 aliphatic heterocycles. The van der Waals surface area contributed by atoms with Crippen LogP contribution in [0.3, 0.4) is 0 Å². The maximum atomic E-state index is 12.4. The number of benzene rings is 1. The largest absolute Gasteiger partial charge is 0.324 e. The molecule has 3 N–H and O–H groups in total. The fourth-order valence-corrected chi connectivity index (χ4v) is 2.70. The standard InChI is InChI=1S/C15H20ClN3O2/c1-9-7-11(5-6-17-9)15(21)19-13-4-3-12(16)8-14(13)18-10(2)20/h3-4,8-9,11,17H,5-7H2,1-2H3,(H,18,20)(H,19,21)/t9-,11-/m0/s1. The van der Waals surface area contributed by atoms with Gasteiger partial charge in [0.05, 0.1) is 11.4 Å². The zero-order valence-corrected chi connectivity index (χ0v) is 13.0. The average Bonchev–Trinajstić information content (AvgIpc) is 2.41. The molecule has 2 amide bonds. The predicted molar refractivity (Wildman–Crippen MR) is 84.6 cm³/mol. The Kier molecular flexibility index (Phi) is 5.20. The van der Waals surface area contributed by atoms with Crippen LogP contribution in [-0.4, -0.2) is 24.4 Å². The summed E-state index contributed by atoms with van der Waals surface area (Å²) in [5.74, 6) is -0.234. The van der Waals surface area contributed by atoms with E-state index in [1.807, 2.05) is 0 Å². The highest BCUT2D eigenvalue weighted by atomic mass is 35.5. The number of hydrogen-bond acceptors (Lipinski definition) is 3. The number of rotatable bonds is 3. The highest BCUT2D eigenvalue weighted by Crippen LogP contribution is 2.27. The number of hydrogen-bond donors (Lipinski definition) is 3. The first-order valence-electron chi connectivity index (χ1n) is 7.07. The van der Waals surface area contributed by atoms with Gasteiger partial charge in [-0.2, -0.15) is 0 Å². The first-order chi connectivity index (χ1) is 9.95. The van der Waals surface area contributed by atoms with Crippen molar-refractivity contribution >= 4 is 34.8 Å². The van der Waals surface area contributed by atoms with Crippen LogP contribution in [0.15, 0.2) is 18.2 Å². The van der Waals surface area contributed by atoms with Crippen molar-refractivity contribution in [1.29, 1.82) is 0 Å². The molecule has 2 rings (SSSR count). The van der Waals surface area contributed by atoms with Crippen LogP contribution in [0, 0.1) is 5.92 Å². The third-order valence-corrected chi connectivity index (χ3v) is 3.78. The average molecular weight is 310 g/mol. The lowest BCUT2D eigenvalue weighted by atomic mass is 9.92. The highest BCUT2D eigenvalue weighted by molar-refractivity contribution is 6.31. The molecule has 1 heterocycles. The van der Waals surface area contributed by atoms with E-state index in [0.717, 1.165) is 19.4 Å². The van der Waals surface area contributed by atoms with Crippen LogP contribution in [0.1, 0.15) is 26.7 Å². The Bertz CT molecular complexity index is 548. The van der Waals surface area contributed by atoms with Gasteiger partial charge in [-0.15, -0.1) is 0 Å².